The molecule has 638 valence electrons. The van der Waals surface area contributed by atoms with Crippen molar-refractivity contribution >= 4 is 27.6 Å². The zero-order valence-electron chi connectivity index (χ0n) is 62.6. The summed E-state index contributed by atoms with van der Waals surface area (Å²) < 4.78 is 112. The van der Waals surface area contributed by atoms with Gasteiger partial charge in [0.15, 0.2) is 47.0 Å². The molecule has 5 aromatic heterocycles. The summed E-state index contributed by atoms with van der Waals surface area (Å²) in [7, 11) is 8.79. The van der Waals surface area contributed by atoms with Crippen molar-refractivity contribution in [1.29, 1.82) is 0 Å². The van der Waals surface area contributed by atoms with Crippen LogP contribution in [0.5, 0.6) is 0 Å². The van der Waals surface area contributed by atoms with Crippen molar-refractivity contribution in [3.05, 3.63) is 79.2 Å². The molecule has 4 aliphatic heterocycles. The van der Waals surface area contributed by atoms with Gasteiger partial charge in [-0.2, -0.15) is 0 Å². The largest absolute Gasteiger partial charge is 0.387 e. The molecular weight excluding hydrogens is 1510 g/mol. The van der Waals surface area contributed by atoms with E-state index in [1.807, 2.05) is 47.5 Å². The second-order valence-corrected chi connectivity index (χ2v) is 27.5. The van der Waals surface area contributed by atoms with E-state index >= 15 is 0 Å². The van der Waals surface area contributed by atoms with E-state index in [2.05, 4.69) is 61.8 Å². The molecule has 10 rings (SSSR count). The first-order valence-corrected chi connectivity index (χ1v) is 37.1. The number of imidazole rings is 2. The number of carbonyl (C=O) groups excluding carboxylic acids is 3. The van der Waals surface area contributed by atoms with Gasteiger partial charge in [0.2, 0.25) is 0 Å². The van der Waals surface area contributed by atoms with E-state index in [1.165, 1.54) is 42.7 Å². The quantitative estimate of drug-likeness (QED) is 0.0166. The van der Waals surface area contributed by atoms with E-state index in [4.69, 9.17) is 71.1 Å². The molecule has 9 heterocycles. The van der Waals surface area contributed by atoms with Crippen molar-refractivity contribution in [2.24, 2.45) is 14.1 Å². The Kier molecular flexibility index (Phi) is 42.1. The van der Waals surface area contributed by atoms with Gasteiger partial charge in [0, 0.05) is 96.0 Å². The van der Waals surface area contributed by atoms with Crippen LogP contribution in [0.2, 0.25) is 0 Å². The maximum absolute atomic E-state index is 12.7. The summed E-state index contributed by atoms with van der Waals surface area (Å²) in [6.45, 7) is 7.76. The first kappa shape index (κ1) is 96.1. The summed E-state index contributed by atoms with van der Waals surface area (Å²) in [4.78, 5) is 47.9. The Morgan fingerprint density at radius 1 is 0.460 bits per heavy atom. The minimum absolute atomic E-state index is 0. The van der Waals surface area contributed by atoms with Gasteiger partial charge in [-0.15, -0.1) is 15.3 Å². The molecule has 44 heteroatoms. The van der Waals surface area contributed by atoms with E-state index in [1.54, 1.807) is 57.7 Å². The minimum Gasteiger partial charge on any atom is -0.387 e. The van der Waals surface area contributed by atoms with Crippen LogP contribution in [0, 0.1) is 0 Å². The molecule has 0 radical (unpaired) electrons. The zero-order chi connectivity index (χ0) is 79.1. The van der Waals surface area contributed by atoms with Crippen molar-refractivity contribution in [2.75, 3.05) is 160 Å². The first-order chi connectivity index (χ1) is 53.2. The van der Waals surface area contributed by atoms with Crippen molar-refractivity contribution in [2.45, 2.75) is 141 Å². The SMILES string of the molecule is C.C.C.CO[C@@H]1OC(C(=O)NCCOCCOCCOCCn2nncc2-c2cncn2C)[C@@H](OC)[C@H](O)[C@@H]1O.CO[C@@H]1OC(C(=O)NCCOCCOCCOCCn2nncc2CN2CCS(=O)(=O)CC2)[C@@H](OC)[C@H](O)[C@@H]1O.CO[C@@H]1OC(C(=O)NCc2ccc(-n3nncc3-c3cncn3C)cc2)[C@@H](OC)[C@H](O)[C@@H]1O. The number of nitrogens with zero attached hydrogens (tertiary/aromatic N) is 14. The second kappa shape index (κ2) is 49.5. The Hall–Kier alpha value is -7.46. The van der Waals surface area contributed by atoms with Crippen LogP contribution in [0.3, 0.4) is 0 Å². The topological polar surface area (TPSA) is 512 Å². The molecule has 43 nitrogen and oxygen atoms in total. The number of hydrogen-bond donors (Lipinski definition) is 9. The Labute approximate surface area is 656 Å². The predicted octanol–water partition coefficient (Wildman–Crippen LogP) is -3.96. The highest BCUT2D eigenvalue weighted by molar-refractivity contribution is 7.91. The van der Waals surface area contributed by atoms with Gasteiger partial charge in [-0.1, -0.05) is 50.1 Å². The fourth-order valence-corrected chi connectivity index (χ4v) is 13.1. The van der Waals surface area contributed by atoms with Crippen LogP contribution in [0.25, 0.3) is 28.5 Å². The van der Waals surface area contributed by atoms with E-state index in [0.29, 0.717) is 98.8 Å². The van der Waals surface area contributed by atoms with Gasteiger partial charge in [-0.3, -0.25) is 19.3 Å². The molecule has 0 spiro atoms. The Morgan fingerprint density at radius 3 is 1.27 bits per heavy atom. The summed E-state index contributed by atoms with van der Waals surface area (Å²) in [5.41, 5.74) is 6.01. The second-order valence-electron chi connectivity index (χ2n) is 25.2. The number of ether oxygens (including phenoxy) is 15. The molecule has 0 aliphatic carbocycles. The molecule has 4 saturated heterocycles. The van der Waals surface area contributed by atoms with Crippen LogP contribution >= 0.6 is 0 Å². The third kappa shape index (κ3) is 27.6. The van der Waals surface area contributed by atoms with Crippen molar-refractivity contribution in [1.82, 2.24) is 84.9 Å². The number of rotatable bonds is 40. The number of sulfone groups is 1. The van der Waals surface area contributed by atoms with Gasteiger partial charge in [0.1, 0.15) is 66.3 Å². The van der Waals surface area contributed by atoms with E-state index in [9.17, 15) is 53.4 Å². The lowest BCUT2D eigenvalue weighted by Crippen LogP contribution is -2.62. The van der Waals surface area contributed by atoms with Crippen molar-refractivity contribution < 1.29 is 124 Å². The maximum atomic E-state index is 12.7. The molecule has 4 fully saturated rings. The Bertz CT molecular complexity index is 3770. The van der Waals surface area contributed by atoms with Crippen molar-refractivity contribution in [3.63, 3.8) is 0 Å². The minimum atomic E-state index is -2.91. The van der Waals surface area contributed by atoms with Crippen LogP contribution in [-0.4, -0.2) is 378 Å². The third-order valence-electron chi connectivity index (χ3n) is 17.9. The molecule has 0 bridgehead atoms. The molecule has 9 N–H and O–H groups in total. The van der Waals surface area contributed by atoms with Crippen LogP contribution in [0.15, 0.2) is 67.9 Å². The van der Waals surface area contributed by atoms with Crippen LogP contribution < -0.4 is 16.0 Å². The molecule has 0 saturated carbocycles. The highest BCUT2D eigenvalue weighted by atomic mass is 32.2. The van der Waals surface area contributed by atoms with Crippen LogP contribution in [-0.2, 0) is 136 Å². The Balaban J connectivity index is 0.000000300. The number of carbonyl (C=O) groups is 3. The molecule has 1 aromatic carbocycles. The van der Waals surface area contributed by atoms with Gasteiger partial charge in [0.25, 0.3) is 17.7 Å². The fourth-order valence-electron chi connectivity index (χ4n) is 11.8. The molecular formula is C69H115N17O26S. The summed E-state index contributed by atoms with van der Waals surface area (Å²) in [6, 6.07) is 7.45. The zero-order valence-corrected chi connectivity index (χ0v) is 63.4. The number of nitrogens with one attached hydrogen (secondary N) is 3. The summed E-state index contributed by atoms with van der Waals surface area (Å²) >= 11 is 0. The van der Waals surface area contributed by atoms with E-state index in [-0.39, 0.29) is 66.6 Å². The number of hydrogen-bond acceptors (Lipinski definition) is 35. The smallest absolute Gasteiger partial charge is 0.252 e. The number of aryl methyl sites for hydroxylation is 2. The van der Waals surface area contributed by atoms with E-state index in [0.717, 1.165) is 39.7 Å². The van der Waals surface area contributed by atoms with Crippen LogP contribution in [0.1, 0.15) is 33.5 Å². The monoisotopic (exact) mass is 1630 g/mol. The highest BCUT2D eigenvalue weighted by Gasteiger charge is 2.50. The number of amides is 3. The molecule has 15 atom stereocenters. The molecule has 4 aliphatic rings. The number of aromatic nitrogens is 13. The molecule has 6 aromatic rings. The summed E-state index contributed by atoms with van der Waals surface area (Å²) in [5, 5.41) is 92.8. The predicted molar refractivity (Wildman–Crippen MR) is 398 cm³/mol. The summed E-state index contributed by atoms with van der Waals surface area (Å²) in [6.07, 6.45) is -5.99. The highest BCUT2D eigenvalue weighted by Crippen LogP contribution is 2.28. The Morgan fingerprint density at radius 2 is 0.841 bits per heavy atom. The average Bonchev–Trinajstić information content (AvgIpc) is 1.69. The van der Waals surface area contributed by atoms with Crippen molar-refractivity contribution in [3.8, 4) is 28.5 Å². The standard InChI is InChI=1S/C23H41N5O11S.C22H36N6O9.C21H26N6O6.3CH4/c1-34-20-18(29)19(30)23(35-2)39-21(20)22(31)24-3-7-36-9-11-38-12-10-37-8-4-28-17(15-25-26-28)16-27-5-13-40(32,33)14-6-27;1-27-14-23-12-15(27)16-13-25-26-28(16)5-7-35-9-11-36-10-8-34-6-4-24-21(31)20-19(32-2)17(29)18(30)22(33-3)37-20;1-26-11-22-9-14(26)15-10-24-25-27(15)13-6-4-12(5-7-13)8-23-20(30)19-18(31-2)16(28)17(29)21(32-3)33-19;;;/h15,18-21,23,29-30H,3-14,16H2,1-2H3,(H,24,31);12-14,17-20,22,29-30H,4-11H2,1-3H3,(H,24,31);4-7,9-11,16-19,21,28-29H,8H2,1-3H3,(H,23,30);3*1H4/t18-,19+,20+,21?,23-;17-,18+,19+,20?,22-;16-,17+,18+,19?,21-;;;/m111.../s1. The summed E-state index contributed by atoms with van der Waals surface area (Å²) in [5.74, 6) is -1.16. The van der Waals surface area contributed by atoms with E-state index < -0.39 is 120 Å². The van der Waals surface area contributed by atoms with Gasteiger partial charge in [0.05, 0.1) is 170 Å². The lowest BCUT2D eigenvalue weighted by atomic mass is 9.98. The lowest BCUT2D eigenvalue weighted by molar-refractivity contribution is -0.287. The lowest BCUT2D eigenvalue weighted by Gasteiger charge is -2.40. The average molecular weight is 1630 g/mol. The maximum Gasteiger partial charge on any atom is 0.252 e. The number of aliphatic hydroxyl groups excluding tert-OH is 6. The number of aliphatic hydroxyl groups is 6. The third-order valence-corrected chi connectivity index (χ3v) is 19.5. The normalized spacial score (nSPS) is 24.7. The molecule has 113 heavy (non-hydrogen) atoms. The fraction of sp³-hybridized carbons (Fsp3) is 0.696. The molecule has 3 unspecified atom stereocenters. The van der Waals surface area contributed by atoms with Gasteiger partial charge in [-0.25, -0.2) is 32.4 Å². The van der Waals surface area contributed by atoms with Gasteiger partial charge < -0.3 is 127 Å². The van der Waals surface area contributed by atoms with Gasteiger partial charge in [-0.05, 0) is 17.7 Å². The van der Waals surface area contributed by atoms with Crippen LogP contribution in [0.4, 0.5) is 0 Å². The number of benzene rings is 1. The molecule has 3 amide bonds. The number of methoxy groups -OCH3 is 6. The first-order valence-electron chi connectivity index (χ1n) is 35.3. The van der Waals surface area contributed by atoms with Gasteiger partial charge >= 0.3 is 0 Å².